The molecule has 0 radical (unpaired) electrons. The van der Waals surface area contributed by atoms with Gasteiger partial charge in [0.1, 0.15) is 0 Å². The van der Waals surface area contributed by atoms with E-state index in [4.69, 9.17) is 5.73 Å². The normalized spacial score (nSPS) is 18.2. The molecule has 0 bridgehead atoms. The maximum absolute atomic E-state index is 6.42. The van der Waals surface area contributed by atoms with Gasteiger partial charge < -0.3 is 5.73 Å². The van der Waals surface area contributed by atoms with Crippen molar-refractivity contribution >= 4 is 0 Å². The van der Waals surface area contributed by atoms with Crippen LogP contribution in [-0.2, 0) is 0 Å². The summed E-state index contributed by atoms with van der Waals surface area (Å²) in [7, 11) is 0. The van der Waals surface area contributed by atoms with E-state index in [-0.39, 0.29) is 6.04 Å². The lowest BCUT2D eigenvalue weighted by molar-refractivity contribution is 0.453. The lowest BCUT2D eigenvalue weighted by atomic mass is 9.89. The maximum Gasteiger partial charge on any atom is 0.0300 e. The fourth-order valence-electron chi connectivity index (χ4n) is 3.63. The third-order valence-corrected chi connectivity index (χ3v) is 4.47. The minimum atomic E-state index is 0.228. The average molecular weight is 245 g/mol. The molecular formula is C17H27N. The molecule has 0 aromatic heterocycles. The average Bonchev–Trinajstić information content (AvgIpc) is 2.77. The molecule has 100 valence electrons. The van der Waals surface area contributed by atoms with Gasteiger partial charge in [-0.05, 0) is 56.2 Å². The molecule has 1 aromatic carbocycles. The molecule has 1 unspecified atom stereocenters. The monoisotopic (exact) mass is 245 g/mol. The van der Waals surface area contributed by atoms with Crippen molar-refractivity contribution < 1.29 is 0 Å². The SMILES string of the molecule is Cc1cc(C)c(C(N)CCC2CCCC2)c(C)c1. The first kappa shape index (κ1) is 13.6. The fourth-order valence-corrected chi connectivity index (χ4v) is 3.63. The zero-order chi connectivity index (χ0) is 13.1. The van der Waals surface area contributed by atoms with E-state index in [1.165, 1.54) is 54.4 Å². The second-order valence-electron chi connectivity index (χ2n) is 6.15. The van der Waals surface area contributed by atoms with Crippen molar-refractivity contribution in [1.29, 1.82) is 0 Å². The van der Waals surface area contributed by atoms with Gasteiger partial charge in [0, 0.05) is 6.04 Å². The van der Waals surface area contributed by atoms with E-state index in [2.05, 4.69) is 32.9 Å². The van der Waals surface area contributed by atoms with E-state index in [0.29, 0.717) is 0 Å². The Hall–Kier alpha value is -0.820. The molecule has 1 saturated carbocycles. The zero-order valence-electron chi connectivity index (χ0n) is 12.1. The van der Waals surface area contributed by atoms with Crippen LogP contribution in [0.15, 0.2) is 12.1 Å². The van der Waals surface area contributed by atoms with Crippen molar-refractivity contribution in [2.75, 3.05) is 0 Å². The van der Waals surface area contributed by atoms with Gasteiger partial charge in [-0.3, -0.25) is 0 Å². The summed E-state index contributed by atoms with van der Waals surface area (Å²) in [5, 5.41) is 0. The Morgan fingerprint density at radius 2 is 1.67 bits per heavy atom. The Labute approximate surface area is 112 Å². The van der Waals surface area contributed by atoms with Crippen LogP contribution >= 0.6 is 0 Å². The molecule has 1 fully saturated rings. The summed E-state index contributed by atoms with van der Waals surface area (Å²) >= 11 is 0. The number of benzene rings is 1. The number of rotatable bonds is 4. The van der Waals surface area contributed by atoms with Crippen molar-refractivity contribution in [3.63, 3.8) is 0 Å². The topological polar surface area (TPSA) is 26.0 Å². The first-order valence-corrected chi connectivity index (χ1v) is 7.41. The summed E-state index contributed by atoms with van der Waals surface area (Å²) in [5.74, 6) is 0.946. The lowest BCUT2D eigenvalue weighted by Crippen LogP contribution is -2.15. The van der Waals surface area contributed by atoms with Crippen LogP contribution in [0.3, 0.4) is 0 Å². The van der Waals surface area contributed by atoms with Gasteiger partial charge >= 0.3 is 0 Å². The van der Waals surface area contributed by atoms with Crippen LogP contribution in [0, 0.1) is 26.7 Å². The molecule has 2 N–H and O–H groups in total. The highest BCUT2D eigenvalue weighted by atomic mass is 14.6. The molecule has 1 nitrogen and oxygen atoms in total. The molecule has 1 atom stereocenters. The van der Waals surface area contributed by atoms with Gasteiger partial charge in [-0.1, -0.05) is 43.4 Å². The Bertz CT molecular complexity index is 379. The van der Waals surface area contributed by atoms with Gasteiger partial charge in [-0.25, -0.2) is 0 Å². The third-order valence-electron chi connectivity index (χ3n) is 4.47. The summed E-state index contributed by atoms with van der Waals surface area (Å²) in [6, 6.07) is 4.75. The molecule has 0 aliphatic heterocycles. The van der Waals surface area contributed by atoms with E-state index in [9.17, 15) is 0 Å². The summed E-state index contributed by atoms with van der Waals surface area (Å²) in [6.45, 7) is 6.56. The summed E-state index contributed by atoms with van der Waals surface area (Å²) in [5.41, 5.74) is 11.9. The van der Waals surface area contributed by atoms with Gasteiger partial charge in [-0.15, -0.1) is 0 Å². The molecule has 2 rings (SSSR count). The standard InChI is InChI=1S/C17H27N/c1-12-10-13(2)17(14(3)11-12)16(18)9-8-15-6-4-5-7-15/h10-11,15-16H,4-9,18H2,1-3H3. The number of nitrogens with two attached hydrogens (primary N) is 1. The maximum atomic E-state index is 6.42. The van der Waals surface area contributed by atoms with Crippen molar-refractivity contribution in [2.45, 2.75) is 65.3 Å². The smallest absolute Gasteiger partial charge is 0.0300 e. The van der Waals surface area contributed by atoms with Crippen LogP contribution in [0.25, 0.3) is 0 Å². The van der Waals surface area contributed by atoms with Crippen LogP contribution in [0.5, 0.6) is 0 Å². The van der Waals surface area contributed by atoms with Crippen LogP contribution in [-0.4, -0.2) is 0 Å². The largest absolute Gasteiger partial charge is 0.324 e. The van der Waals surface area contributed by atoms with Crippen LogP contribution in [0.4, 0.5) is 0 Å². The van der Waals surface area contributed by atoms with E-state index >= 15 is 0 Å². The fraction of sp³-hybridized carbons (Fsp3) is 0.647. The highest BCUT2D eigenvalue weighted by Crippen LogP contribution is 2.32. The summed E-state index contributed by atoms with van der Waals surface area (Å²) < 4.78 is 0. The van der Waals surface area contributed by atoms with Gasteiger partial charge in [0.15, 0.2) is 0 Å². The highest BCUT2D eigenvalue weighted by molar-refractivity contribution is 5.39. The summed E-state index contributed by atoms with van der Waals surface area (Å²) in [6.07, 6.45) is 8.19. The lowest BCUT2D eigenvalue weighted by Gasteiger charge is -2.20. The van der Waals surface area contributed by atoms with E-state index in [1.807, 2.05) is 0 Å². The van der Waals surface area contributed by atoms with Gasteiger partial charge in [0.2, 0.25) is 0 Å². The van der Waals surface area contributed by atoms with Gasteiger partial charge in [0.05, 0.1) is 0 Å². The minimum absolute atomic E-state index is 0.228. The molecule has 1 heteroatoms. The van der Waals surface area contributed by atoms with Gasteiger partial charge in [0.25, 0.3) is 0 Å². The van der Waals surface area contributed by atoms with Crippen LogP contribution < -0.4 is 5.73 Å². The molecule has 1 aliphatic rings. The molecule has 0 amide bonds. The summed E-state index contributed by atoms with van der Waals surface area (Å²) in [4.78, 5) is 0. The first-order valence-electron chi connectivity index (χ1n) is 7.41. The Kier molecular flexibility index (Phi) is 4.45. The molecule has 0 spiro atoms. The van der Waals surface area contributed by atoms with E-state index in [0.717, 1.165) is 12.3 Å². The van der Waals surface area contributed by atoms with E-state index in [1.54, 1.807) is 0 Å². The Morgan fingerprint density at radius 3 is 2.22 bits per heavy atom. The number of hydrogen-bond acceptors (Lipinski definition) is 1. The number of hydrogen-bond donors (Lipinski definition) is 1. The van der Waals surface area contributed by atoms with Gasteiger partial charge in [-0.2, -0.15) is 0 Å². The predicted octanol–water partition coefficient (Wildman–Crippen LogP) is 4.58. The quantitative estimate of drug-likeness (QED) is 0.825. The molecule has 0 heterocycles. The second-order valence-corrected chi connectivity index (χ2v) is 6.15. The highest BCUT2D eigenvalue weighted by Gasteiger charge is 2.18. The zero-order valence-corrected chi connectivity index (χ0v) is 12.1. The first-order chi connectivity index (χ1) is 8.58. The third kappa shape index (κ3) is 3.14. The predicted molar refractivity (Wildman–Crippen MR) is 78.8 cm³/mol. The van der Waals surface area contributed by atoms with Crippen molar-refractivity contribution in [3.8, 4) is 0 Å². The Morgan fingerprint density at radius 1 is 1.11 bits per heavy atom. The molecule has 1 aliphatic carbocycles. The molecule has 0 saturated heterocycles. The van der Waals surface area contributed by atoms with Crippen LogP contribution in [0.2, 0.25) is 0 Å². The van der Waals surface area contributed by atoms with Crippen molar-refractivity contribution in [1.82, 2.24) is 0 Å². The van der Waals surface area contributed by atoms with Crippen LogP contribution in [0.1, 0.15) is 66.8 Å². The van der Waals surface area contributed by atoms with Crippen molar-refractivity contribution in [2.24, 2.45) is 11.7 Å². The molecule has 1 aromatic rings. The minimum Gasteiger partial charge on any atom is -0.324 e. The van der Waals surface area contributed by atoms with E-state index < -0.39 is 0 Å². The second kappa shape index (κ2) is 5.88. The number of aryl methyl sites for hydroxylation is 3. The molecular weight excluding hydrogens is 218 g/mol. The molecule has 18 heavy (non-hydrogen) atoms. The Balaban J connectivity index is 2.01. The van der Waals surface area contributed by atoms with Crippen molar-refractivity contribution in [3.05, 3.63) is 34.4 Å².